The summed E-state index contributed by atoms with van der Waals surface area (Å²) in [4.78, 5) is 14.6. The fourth-order valence-electron chi connectivity index (χ4n) is 0.806. The maximum absolute atomic E-state index is 5.10. The zero-order valence-corrected chi connectivity index (χ0v) is 5.57. The van der Waals surface area contributed by atoms with Crippen molar-refractivity contribution in [3.8, 4) is 12.3 Å². The molecule has 0 atom stereocenters. The molecule has 0 unspecified atom stereocenters. The smallest absolute Gasteiger partial charge is 0.206 e. The van der Waals surface area contributed by atoms with E-state index in [1.54, 1.807) is 12.5 Å². The summed E-state index contributed by atoms with van der Waals surface area (Å²) < 4.78 is 0. The lowest BCUT2D eigenvalue weighted by atomic mass is 10.5. The third-order valence-electron chi connectivity index (χ3n) is 1.30. The second kappa shape index (κ2) is 2.06. The first-order valence-corrected chi connectivity index (χ1v) is 3.03. The molecule has 2 rings (SSSR count). The third kappa shape index (κ3) is 0.829. The van der Waals surface area contributed by atoms with E-state index >= 15 is 0 Å². The molecular weight excluding hydrogens is 140 g/mol. The second-order valence-electron chi connectivity index (χ2n) is 1.98. The third-order valence-corrected chi connectivity index (χ3v) is 1.30. The van der Waals surface area contributed by atoms with Crippen molar-refractivity contribution in [1.29, 1.82) is 0 Å². The van der Waals surface area contributed by atoms with Gasteiger partial charge in [-0.05, 0) is 5.92 Å². The molecule has 4 heteroatoms. The molecule has 52 valence electrons. The Morgan fingerprint density at radius 1 is 1.45 bits per heavy atom. The minimum Gasteiger partial charge on any atom is -0.342 e. The zero-order valence-electron chi connectivity index (χ0n) is 5.57. The highest BCUT2D eigenvalue weighted by Gasteiger charge is 1.97. The Hall–Kier alpha value is -1.89. The van der Waals surface area contributed by atoms with Crippen LogP contribution in [0.25, 0.3) is 11.2 Å². The van der Waals surface area contributed by atoms with E-state index in [1.807, 2.05) is 0 Å². The van der Waals surface area contributed by atoms with E-state index in [-0.39, 0.29) is 0 Å². The Morgan fingerprint density at radius 2 is 2.36 bits per heavy atom. The number of nitrogens with zero attached hydrogens (tertiary/aromatic N) is 3. The molecule has 4 nitrogen and oxygen atoms in total. The number of imidazole rings is 1. The highest BCUT2D eigenvalue weighted by Crippen LogP contribution is 2.02. The molecule has 0 bridgehead atoms. The van der Waals surface area contributed by atoms with E-state index in [1.165, 1.54) is 0 Å². The number of rotatable bonds is 0. The van der Waals surface area contributed by atoms with Gasteiger partial charge in [-0.15, -0.1) is 6.42 Å². The van der Waals surface area contributed by atoms with E-state index < -0.39 is 0 Å². The Kier molecular flexibility index (Phi) is 1.10. The molecule has 11 heavy (non-hydrogen) atoms. The maximum Gasteiger partial charge on any atom is 0.206 e. The van der Waals surface area contributed by atoms with Gasteiger partial charge in [-0.2, -0.15) is 4.98 Å². The average molecular weight is 144 g/mol. The highest BCUT2D eigenvalue weighted by molar-refractivity contribution is 5.68. The molecule has 0 aromatic carbocycles. The molecule has 0 fully saturated rings. The largest absolute Gasteiger partial charge is 0.342 e. The number of H-pyrrole nitrogens is 1. The van der Waals surface area contributed by atoms with Crippen LogP contribution >= 0.6 is 0 Å². The van der Waals surface area contributed by atoms with Crippen molar-refractivity contribution in [2.24, 2.45) is 0 Å². The number of hydrogen-bond acceptors (Lipinski definition) is 3. The van der Waals surface area contributed by atoms with E-state index in [4.69, 9.17) is 6.42 Å². The Balaban J connectivity index is 2.79. The molecule has 0 spiro atoms. The first kappa shape index (κ1) is 5.86. The van der Waals surface area contributed by atoms with Crippen LogP contribution in [0.2, 0.25) is 0 Å². The summed E-state index contributed by atoms with van der Waals surface area (Å²) in [5.74, 6) is 2.70. The van der Waals surface area contributed by atoms with Crippen molar-refractivity contribution in [1.82, 2.24) is 19.9 Å². The number of aromatic amines is 1. The van der Waals surface area contributed by atoms with Crippen LogP contribution < -0.4 is 0 Å². The first-order chi connectivity index (χ1) is 5.40. The Morgan fingerprint density at radius 3 is 3.18 bits per heavy atom. The molecule has 1 N–H and O–H groups in total. The Labute approximate surface area is 62.7 Å². The molecular formula is C7H4N4. The minimum atomic E-state index is 0.365. The van der Waals surface area contributed by atoms with E-state index in [0.29, 0.717) is 11.5 Å². The molecule has 2 aromatic rings. The Bertz CT molecular complexity index is 423. The highest BCUT2D eigenvalue weighted by atomic mass is 15.0. The lowest BCUT2D eigenvalue weighted by molar-refractivity contribution is 1.16. The molecule has 0 aliphatic carbocycles. The predicted molar refractivity (Wildman–Crippen MR) is 39.6 cm³/mol. The van der Waals surface area contributed by atoms with Gasteiger partial charge in [-0.3, -0.25) is 0 Å². The van der Waals surface area contributed by atoms with Gasteiger partial charge >= 0.3 is 0 Å². The molecule has 0 saturated heterocycles. The van der Waals surface area contributed by atoms with Gasteiger partial charge in [0.2, 0.25) is 5.82 Å². The van der Waals surface area contributed by atoms with Crippen molar-refractivity contribution in [3.05, 3.63) is 18.3 Å². The molecule has 0 saturated carbocycles. The lowest BCUT2D eigenvalue weighted by Crippen LogP contribution is -1.87. The topological polar surface area (TPSA) is 54.5 Å². The van der Waals surface area contributed by atoms with E-state index in [2.05, 4.69) is 25.9 Å². The number of nitrogens with one attached hydrogen (secondary N) is 1. The molecule has 0 aliphatic rings. The minimum absolute atomic E-state index is 0.365. The zero-order chi connectivity index (χ0) is 7.68. The molecule has 0 aliphatic heterocycles. The van der Waals surface area contributed by atoms with E-state index in [0.717, 1.165) is 5.52 Å². The van der Waals surface area contributed by atoms with Crippen LogP contribution in [-0.2, 0) is 0 Å². The summed E-state index contributed by atoms with van der Waals surface area (Å²) in [7, 11) is 0. The van der Waals surface area contributed by atoms with Crippen LogP contribution in [0, 0.1) is 12.3 Å². The number of terminal acetylenes is 1. The SMILES string of the molecule is C#Cc1ncc2[nH]cnc2n1. The molecule has 2 heterocycles. The summed E-state index contributed by atoms with van der Waals surface area (Å²) in [6.07, 6.45) is 8.27. The predicted octanol–water partition coefficient (Wildman–Crippen LogP) is 0.334. The summed E-state index contributed by atoms with van der Waals surface area (Å²) in [5.41, 5.74) is 1.40. The fraction of sp³-hybridized carbons (Fsp3) is 0. The van der Waals surface area contributed by atoms with Crippen LogP contribution in [0.1, 0.15) is 5.82 Å². The van der Waals surface area contributed by atoms with Crippen molar-refractivity contribution in [3.63, 3.8) is 0 Å². The maximum atomic E-state index is 5.10. The van der Waals surface area contributed by atoms with E-state index in [9.17, 15) is 0 Å². The number of fused-ring (bicyclic) bond motifs is 1. The normalized spacial score (nSPS) is 9.73. The van der Waals surface area contributed by atoms with Gasteiger partial charge in [0.1, 0.15) is 5.52 Å². The van der Waals surface area contributed by atoms with Gasteiger partial charge in [0, 0.05) is 0 Å². The first-order valence-electron chi connectivity index (χ1n) is 3.03. The van der Waals surface area contributed by atoms with Crippen LogP contribution in [0.3, 0.4) is 0 Å². The quantitative estimate of drug-likeness (QED) is 0.542. The standard InChI is InChI=1S/C7H4N4/c1-2-6-8-3-5-7(11-6)10-4-9-5/h1,3-4H,(H,8,9,10,11). The van der Waals surface area contributed by atoms with Gasteiger partial charge in [0.15, 0.2) is 5.65 Å². The second-order valence-corrected chi connectivity index (χ2v) is 1.98. The number of aromatic nitrogens is 4. The fourth-order valence-corrected chi connectivity index (χ4v) is 0.806. The van der Waals surface area contributed by atoms with Crippen molar-refractivity contribution < 1.29 is 0 Å². The van der Waals surface area contributed by atoms with Crippen molar-refractivity contribution in [2.45, 2.75) is 0 Å². The summed E-state index contributed by atoms with van der Waals surface area (Å²) in [6, 6.07) is 0. The number of hydrogen-bond donors (Lipinski definition) is 1. The molecule has 0 radical (unpaired) electrons. The van der Waals surface area contributed by atoms with Crippen molar-refractivity contribution in [2.75, 3.05) is 0 Å². The van der Waals surface area contributed by atoms with Crippen LogP contribution in [0.15, 0.2) is 12.5 Å². The average Bonchev–Trinajstić information content (AvgIpc) is 2.50. The van der Waals surface area contributed by atoms with Gasteiger partial charge < -0.3 is 4.98 Å². The molecule has 0 amide bonds. The monoisotopic (exact) mass is 144 g/mol. The van der Waals surface area contributed by atoms with Crippen LogP contribution in [0.5, 0.6) is 0 Å². The van der Waals surface area contributed by atoms with Crippen molar-refractivity contribution >= 4 is 11.2 Å². The van der Waals surface area contributed by atoms with Crippen LogP contribution in [0.4, 0.5) is 0 Å². The van der Waals surface area contributed by atoms with Gasteiger partial charge in [0.05, 0.1) is 12.5 Å². The van der Waals surface area contributed by atoms with Gasteiger partial charge in [-0.25, -0.2) is 9.97 Å². The summed E-state index contributed by atoms with van der Waals surface area (Å²) in [5, 5.41) is 0. The van der Waals surface area contributed by atoms with Gasteiger partial charge in [-0.1, -0.05) is 0 Å². The lowest BCUT2D eigenvalue weighted by Gasteiger charge is -1.86. The summed E-state index contributed by atoms with van der Waals surface area (Å²) >= 11 is 0. The summed E-state index contributed by atoms with van der Waals surface area (Å²) in [6.45, 7) is 0. The van der Waals surface area contributed by atoms with Gasteiger partial charge in [0.25, 0.3) is 0 Å². The molecule has 2 aromatic heterocycles. The van der Waals surface area contributed by atoms with Crippen LogP contribution in [-0.4, -0.2) is 19.9 Å².